The number of ether oxygens (including phenoxy) is 2. The van der Waals surface area contributed by atoms with Gasteiger partial charge in [0.15, 0.2) is 5.78 Å². The summed E-state index contributed by atoms with van der Waals surface area (Å²) in [7, 11) is 30.3. The van der Waals surface area contributed by atoms with E-state index < -0.39 is 134 Å². The summed E-state index contributed by atoms with van der Waals surface area (Å²) in [6, 6.07) is 8.58. The number of rotatable bonds is 13. The fraction of sp³-hybridized carbons (Fsp3) is 0.630. The minimum absolute atomic E-state index is 0. The van der Waals surface area contributed by atoms with Crippen LogP contribution in [0.4, 0.5) is 0 Å². The second kappa shape index (κ2) is 23.4. The van der Waals surface area contributed by atoms with E-state index in [-0.39, 0.29) is 69.1 Å². The van der Waals surface area contributed by atoms with Crippen molar-refractivity contribution >= 4 is 174 Å². The zero-order valence-electron chi connectivity index (χ0n) is 31.7. The number of aliphatic hydroxyl groups excluding tert-OH is 1. The van der Waals surface area contributed by atoms with Crippen molar-refractivity contribution in [3.63, 3.8) is 0 Å². The predicted molar refractivity (Wildman–Crippen MR) is 292 cm³/mol. The van der Waals surface area contributed by atoms with Gasteiger partial charge in [0.2, 0.25) is 0 Å². The number of benzene rings is 1. The second-order valence-corrected chi connectivity index (χ2v) is 87.2. The zero-order chi connectivity index (χ0) is 42.0. The van der Waals surface area contributed by atoms with E-state index in [0.29, 0.717) is 11.1 Å². The maximum atomic E-state index is 15.6. The van der Waals surface area contributed by atoms with Crippen molar-refractivity contribution in [3.8, 4) is 0 Å². The first kappa shape index (κ1) is 57.5. The van der Waals surface area contributed by atoms with Gasteiger partial charge in [-0.25, -0.2) is 4.79 Å². The molecule has 1 aromatic rings. The van der Waals surface area contributed by atoms with Crippen LogP contribution in [0.1, 0.15) is 50.9 Å². The Balaban J connectivity index is 0.00000720. The van der Waals surface area contributed by atoms with Gasteiger partial charge in [0.05, 0.1) is 50.9 Å². The molecule has 0 aromatic heterocycles. The molecule has 57 heavy (non-hydrogen) atoms. The van der Waals surface area contributed by atoms with E-state index in [4.69, 9.17) is 18.5 Å². The third kappa shape index (κ3) is 11.5. The molecule has 9 nitrogen and oxygen atoms in total. The van der Waals surface area contributed by atoms with Crippen molar-refractivity contribution in [3.05, 3.63) is 47.0 Å². The number of ketones is 1. The number of Topliss-reactive ketones (excluding diaryl/α,β-unsaturated/α-hetero) is 1. The SMILES string of the molecule is CC1=C2C(O)C(=O)[C@]3(C)C(OP(P(P)P)P(P)P)CC4OC[C@@]4(O)C3C(OC(=O)c3ccccc3)C(O)(CC1OP(P(P)P(P)P)P(P(P)P)P(P)P)C2(C)C.[Ac]. The van der Waals surface area contributed by atoms with Crippen LogP contribution in [0.2, 0.25) is 0 Å². The number of esters is 1. The number of carbonyl (C=O) groups is 2. The Morgan fingerprint density at radius 3 is 1.88 bits per heavy atom. The first-order valence-electron chi connectivity index (χ1n) is 16.9. The van der Waals surface area contributed by atoms with Gasteiger partial charge in [0.25, 0.3) is 0 Å². The molecule has 319 valence electrons. The van der Waals surface area contributed by atoms with Crippen LogP contribution in [0.25, 0.3) is 0 Å². The summed E-state index contributed by atoms with van der Waals surface area (Å²) in [5.74, 6) is -2.44. The first-order valence-corrected chi connectivity index (χ1v) is 51.5. The molecule has 2 saturated carbocycles. The summed E-state index contributed by atoms with van der Waals surface area (Å²) in [5.41, 5.74) is -5.21. The summed E-state index contributed by atoms with van der Waals surface area (Å²) in [5, 5.41) is 39.3. The van der Waals surface area contributed by atoms with Crippen molar-refractivity contribution < 1.29 is 87.5 Å². The van der Waals surface area contributed by atoms with Crippen LogP contribution in [-0.2, 0) is 23.3 Å². The molecule has 1 heterocycles. The molecular formula is C27H54AcO9P20. The van der Waals surface area contributed by atoms with E-state index in [1.54, 1.807) is 37.3 Å². The minimum atomic E-state index is -1.94. The average molecular weight is 1370 g/mol. The molecule has 20 unspecified atom stereocenters. The molecule has 3 N–H and O–H groups in total. The molecule has 22 atom stereocenters. The normalized spacial score (nSPS) is 34.9. The van der Waals surface area contributed by atoms with Gasteiger partial charge in [-0.05, 0) is 72.1 Å². The third-order valence-corrected chi connectivity index (χ3v) is 105. The van der Waals surface area contributed by atoms with Crippen molar-refractivity contribution in [2.24, 2.45) is 16.7 Å². The second-order valence-electron chi connectivity index (χ2n) is 14.8. The molecular weight excluding hydrogens is 1310 g/mol. The maximum absolute atomic E-state index is 15.6. The van der Waals surface area contributed by atoms with Gasteiger partial charge in [-0.3, -0.25) is 4.79 Å². The molecule has 4 aliphatic rings. The summed E-state index contributed by atoms with van der Waals surface area (Å²) >= 11 is 0. The Bertz CT molecular complexity index is 1630. The van der Waals surface area contributed by atoms with Gasteiger partial charge in [0.1, 0.15) is 23.4 Å². The molecule has 1 aromatic carbocycles. The quantitative estimate of drug-likeness (QED) is 0.100. The van der Waals surface area contributed by atoms with Gasteiger partial charge in [-0.2, -0.15) is 0 Å². The fourth-order valence-electron chi connectivity index (χ4n) is 8.51. The van der Waals surface area contributed by atoms with E-state index in [9.17, 15) is 20.1 Å². The Morgan fingerprint density at radius 1 is 0.842 bits per heavy atom. The Labute approximate surface area is 409 Å². The molecule has 0 spiro atoms. The van der Waals surface area contributed by atoms with E-state index >= 15 is 4.79 Å². The number of hydrogen-bond acceptors (Lipinski definition) is 9. The summed E-state index contributed by atoms with van der Waals surface area (Å²) in [4.78, 5) is 29.9. The molecule has 3 fully saturated rings. The smallest absolute Gasteiger partial charge is 0.338 e. The van der Waals surface area contributed by atoms with Crippen LogP contribution in [0.3, 0.4) is 0 Å². The Kier molecular flexibility index (Phi) is 23.6. The van der Waals surface area contributed by atoms with Gasteiger partial charge in [-0.15, -0.1) is 89.3 Å². The summed E-state index contributed by atoms with van der Waals surface area (Å²) in [6.45, 7) is 2.71. The van der Waals surface area contributed by atoms with Crippen molar-refractivity contribution in [2.45, 2.75) is 82.3 Å². The van der Waals surface area contributed by atoms with E-state index in [2.05, 4.69) is 98.2 Å². The molecule has 3 aliphatic carbocycles. The monoisotopic (exact) mass is 1370 g/mol. The van der Waals surface area contributed by atoms with Crippen molar-refractivity contribution in [2.75, 3.05) is 6.61 Å². The minimum Gasteiger partial charge on any atom is -0.455 e. The zero-order valence-corrected chi connectivity index (χ0v) is 57.2. The maximum Gasteiger partial charge on any atom is 0.338 e. The molecule has 5 rings (SSSR count). The standard InChI is InChI=1S/C27H54O9P20.Ac/c1-13-15(35-49(55(47)52(41)42)56(53(43)44)54(45)46)11-27(32)22(34-23(30)14-8-6-5-7-9-14)20-25(4,21(29)19(28)18(13)24(27,2)3)16(10-17-26(20,31)12-33-17)36-48(50(37)38)51(39)40;/h5-9,15-17,19-20,22,28,31-32H,10-12,37-47H2,1-4H3;/t15?,16?,17?,19?,20?,22?,25-,26+,27?,49?,55?;/m1./s1. The molecule has 2 bridgehead atoms. The van der Waals surface area contributed by atoms with Gasteiger partial charge in [-0.1, -0.05) is 41.0 Å². The van der Waals surface area contributed by atoms with Crippen molar-refractivity contribution in [1.29, 1.82) is 0 Å². The molecule has 1 radical (unpaired) electrons. The van der Waals surface area contributed by atoms with E-state index in [1.165, 1.54) is 0 Å². The van der Waals surface area contributed by atoms with Gasteiger partial charge < -0.3 is 33.8 Å². The number of fused-ring (bicyclic) bond motifs is 5. The third-order valence-electron chi connectivity index (χ3n) is 11.4. The van der Waals surface area contributed by atoms with Crippen LogP contribution < -0.4 is 0 Å². The Morgan fingerprint density at radius 2 is 1.40 bits per heavy atom. The van der Waals surface area contributed by atoms with Crippen LogP contribution in [-0.4, -0.2) is 75.4 Å². The number of hydrogen-bond donors (Lipinski definition) is 3. The molecule has 1 saturated heterocycles. The van der Waals surface area contributed by atoms with Crippen LogP contribution in [0.5, 0.6) is 0 Å². The molecule has 30 heteroatoms. The number of aliphatic hydroxyl groups is 3. The summed E-state index contributed by atoms with van der Waals surface area (Å²) in [6.07, 6.45) is -5.18. The van der Waals surface area contributed by atoms with Crippen LogP contribution >= 0.6 is 162 Å². The Hall–Kier alpha value is 7.90. The number of carbonyl (C=O) groups excluding carboxylic acids is 2. The molecule has 0 amide bonds. The van der Waals surface area contributed by atoms with Crippen molar-refractivity contribution in [1.82, 2.24) is 0 Å². The molecule has 1 aliphatic heterocycles. The van der Waals surface area contributed by atoms with Crippen LogP contribution in [0.15, 0.2) is 41.5 Å². The van der Waals surface area contributed by atoms with E-state index in [1.807, 2.05) is 20.8 Å². The fourth-order valence-corrected chi connectivity index (χ4v) is 137. The predicted octanol–water partition coefficient (Wildman–Crippen LogP) is 12.8. The topological polar surface area (TPSA) is 132 Å². The van der Waals surface area contributed by atoms with Gasteiger partial charge in [0, 0.05) is 82.2 Å². The first-order chi connectivity index (χ1) is 25.9. The van der Waals surface area contributed by atoms with E-state index in [0.717, 1.165) is 0 Å². The van der Waals surface area contributed by atoms with Crippen LogP contribution in [0, 0.1) is 60.8 Å². The van der Waals surface area contributed by atoms with Gasteiger partial charge >= 0.3 is 5.97 Å². The average Bonchev–Trinajstić information content (AvgIpc) is 3.10. The largest absolute Gasteiger partial charge is 0.455 e. The summed E-state index contributed by atoms with van der Waals surface area (Å²) < 4.78 is 27.1.